The zero-order chi connectivity index (χ0) is 46.7. The minimum Gasteiger partial charge on any atom is -0.457 e. The summed E-state index contributed by atoms with van der Waals surface area (Å²) in [5.41, 5.74) is 21.4. The molecule has 71 heavy (non-hydrogen) atoms. The lowest BCUT2D eigenvalue weighted by Gasteiger charge is -2.39. The van der Waals surface area contributed by atoms with E-state index in [4.69, 9.17) is 9.47 Å². The summed E-state index contributed by atoms with van der Waals surface area (Å²) in [6.07, 6.45) is 0. The van der Waals surface area contributed by atoms with Gasteiger partial charge in [0, 0.05) is 39.2 Å². The van der Waals surface area contributed by atoms with Gasteiger partial charge >= 0.3 is 0 Å². The molecule has 0 bridgehead atoms. The number of rotatable bonds is 5. The lowest BCUT2D eigenvalue weighted by atomic mass is 9.66. The normalized spacial score (nSPS) is 14.1. The van der Waals surface area contributed by atoms with E-state index in [1.165, 1.54) is 55.6 Å². The minimum absolute atomic E-state index is 0.541. The number of fused-ring (bicyclic) bond motifs is 18. The molecule has 11 aromatic rings. The maximum Gasteiger partial charge on any atom is 0.132 e. The number of anilines is 3. The van der Waals surface area contributed by atoms with Crippen LogP contribution in [0, 0.1) is 0 Å². The first kappa shape index (κ1) is 39.8. The van der Waals surface area contributed by atoms with Crippen molar-refractivity contribution in [1.29, 1.82) is 0 Å². The highest BCUT2D eigenvalue weighted by Crippen LogP contribution is 2.66. The molecule has 2 aliphatic heterocycles. The first-order chi connectivity index (χ1) is 35.2. The van der Waals surface area contributed by atoms with Crippen molar-refractivity contribution in [3.05, 3.63) is 305 Å². The van der Waals surface area contributed by atoms with E-state index in [2.05, 4.69) is 266 Å². The highest BCUT2D eigenvalue weighted by molar-refractivity contribution is 6.00. The molecule has 0 N–H and O–H groups in total. The SMILES string of the molecule is c1ccc(-c2cccc(N(c3ccc(-c4cccc5c4-c4ccccc4C54c5ccccc5Oc5ccccc54)cc3)c3cccc4c3-c3ccccc3C43c4ccccc4Oc4ccccc43)c2)cc1. The van der Waals surface area contributed by atoms with E-state index in [9.17, 15) is 0 Å². The van der Waals surface area contributed by atoms with Crippen molar-refractivity contribution in [2.24, 2.45) is 0 Å². The highest BCUT2D eigenvalue weighted by atomic mass is 16.5. The third-order valence-electron chi connectivity index (χ3n) is 15.6. The number of benzene rings is 11. The maximum atomic E-state index is 6.71. The standard InChI is InChI=1S/C68H43NO2/c1-2-19-44(20-3-1)46-21-16-22-48(43-46)69(60-34-18-33-59-66(60)51-24-5-7-27-53(51)68(59)56-30-10-14-37-63(56)71-64-38-15-11-31-57(64)68)47-41-39-45(40-42-47)49-25-17-32-58-65(49)50-23-4-6-26-52(50)67(58)54-28-8-12-35-61(54)70-62-36-13-9-29-55(62)67/h1-43H. The number of hydrogen-bond acceptors (Lipinski definition) is 3. The van der Waals surface area contributed by atoms with Crippen LogP contribution >= 0.6 is 0 Å². The van der Waals surface area contributed by atoms with Gasteiger partial charge < -0.3 is 14.4 Å². The van der Waals surface area contributed by atoms with Crippen LogP contribution in [0.2, 0.25) is 0 Å². The third-order valence-corrected chi connectivity index (χ3v) is 15.6. The van der Waals surface area contributed by atoms with Gasteiger partial charge in [-0.1, -0.05) is 206 Å². The quantitative estimate of drug-likeness (QED) is 0.172. The Labute approximate surface area is 413 Å². The molecular formula is C68H43NO2. The zero-order valence-corrected chi connectivity index (χ0v) is 38.6. The topological polar surface area (TPSA) is 21.7 Å². The fourth-order valence-electron chi connectivity index (χ4n) is 12.9. The van der Waals surface area contributed by atoms with E-state index in [1.807, 2.05) is 0 Å². The monoisotopic (exact) mass is 905 g/mol. The molecule has 0 saturated carbocycles. The van der Waals surface area contributed by atoms with Crippen LogP contribution in [0.1, 0.15) is 44.5 Å². The summed E-state index contributed by atoms with van der Waals surface area (Å²) in [6.45, 7) is 0. The lowest BCUT2D eigenvalue weighted by molar-refractivity contribution is 0.436. The molecule has 0 unspecified atom stereocenters. The molecule has 0 amide bonds. The number of hydrogen-bond donors (Lipinski definition) is 0. The Morgan fingerprint density at radius 3 is 1.23 bits per heavy atom. The minimum atomic E-state index is -0.596. The van der Waals surface area contributed by atoms with E-state index in [-0.39, 0.29) is 0 Å². The first-order valence-electron chi connectivity index (χ1n) is 24.5. The van der Waals surface area contributed by atoms with Crippen LogP contribution < -0.4 is 14.4 Å². The van der Waals surface area contributed by atoms with Crippen molar-refractivity contribution >= 4 is 17.1 Å². The number of ether oxygens (including phenoxy) is 2. The fraction of sp³-hybridized carbons (Fsp3) is 0.0294. The van der Waals surface area contributed by atoms with E-state index in [1.54, 1.807) is 0 Å². The van der Waals surface area contributed by atoms with Crippen molar-refractivity contribution in [3.63, 3.8) is 0 Å². The van der Waals surface area contributed by atoms with E-state index in [0.29, 0.717) is 0 Å². The molecule has 4 aliphatic rings. The maximum absolute atomic E-state index is 6.71. The Kier molecular flexibility index (Phi) is 8.49. The molecule has 0 aromatic heterocycles. The molecule has 2 spiro atoms. The zero-order valence-electron chi connectivity index (χ0n) is 38.6. The van der Waals surface area contributed by atoms with Gasteiger partial charge in [0.05, 0.1) is 16.5 Å². The smallest absolute Gasteiger partial charge is 0.132 e. The van der Waals surface area contributed by atoms with Gasteiger partial charge in [-0.05, 0) is 116 Å². The molecule has 3 heteroatoms. The summed E-state index contributed by atoms with van der Waals surface area (Å²) in [6, 6.07) is 95.0. The summed E-state index contributed by atoms with van der Waals surface area (Å²) in [7, 11) is 0. The van der Waals surface area contributed by atoms with Crippen LogP contribution in [-0.4, -0.2) is 0 Å². The van der Waals surface area contributed by atoms with Gasteiger partial charge in [-0.25, -0.2) is 0 Å². The molecule has 3 nitrogen and oxygen atoms in total. The molecule has 15 rings (SSSR count). The van der Waals surface area contributed by atoms with Crippen LogP contribution in [0.25, 0.3) is 44.5 Å². The van der Waals surface area contributed by atoms with Crippen LogP contribution in [-0.2, 0) is 10.8 Å². The molecule has 11 aromatic carbocycles. The predicted octanol–water partition coefficient (Wildman–Crippen LogP) is 17.4. The molecule has 0 atom stereocenters. The van der Waals surface area contributed by atoms with E-state index >= 15 is 0 Å². The van der Waals surface area contributed by atoms with Gasteiger partial charge in [-0.2, -0.15) is 0 Å². The summed E-state index contributed by atoms with van der Waals surface area (Å²) < 4.78 is 13.4. The Balaban J connectivity index is 0.945. The van der Waals surface area contributed by atoms with Gasteiger partial charge in [0.25, 0.3) is 0 Å². The number of nitrogens with zero attached hydrogens (tertiary/aromatic N) is 1. The van der Waals surface area contributed by atoms with E-state index < -0.39 is 10.8 Å². The molecular weight excluding hydrogens is 863 g/mol. The second-order valence-electron chi connectivity index (χ2n) is 19.0. The Morgan fingerprint density at radius 2 is 0.662 bits per heavy atom. The van der Waals surface area contributed by atoms with Crippen molar-refractivity contribution in [2.75, 3.05) is 4.90 Å². The summed E-state index contributed by atoms with van der Waals surface area (Å²) in [4.78, 5) is 2.47. The van der Waals surface area contributed by atoms with Gasteiger partial charge in [0.1, 0.15) is 23.0 Å². The molecule has 2 aliphatic carbocycles. The Morgan fingerprint density at radius 1 is 0.254 bits per heavy atom. The van der Waals surface area contributed by atoms with Gasteiger partial charge in [0.2, 0.25) is 0 Å². The average molecular weight is 906 g/mol. The van der Waals surface area contributed by atoms with Crippen molar-refractivity contribution in [2.45, 2.75) is 10.8 Å². The Bertz CT molecular complexity index is 3870. The molecule has 332 valence electrons. The fourth-order valence-corrected chi connectivity index (χ4v) is 12.9. The first-order valence-corrected chi connectivity index (χ1v) is 24.5. The molecule has 0 saturated heterocycles. The second kappa shape index (κ2) is 15.2. The predicted molar refractivity (Wildman–Crippen MR) is 287 cm³/mol. The van der Waals surface area contributed by atoms with Crippen LogP contribution in [0.15, 0.2) is 261 Å². The summed E-state index contributed by atoms with van der Waals surface area (Å²) in [5, 5.41) is 0. The lowest BCUT2D eigenvalue weighted by Crippen LogP contribution is -2.32. The summed E-state index contributed by atoms with van der Waals surface area (Å²) >= 11 is 0. The number of para-hydroxylation sites is 4. The van der Waals surface area contributed by atoms with Crippen LogP contribution in [0.3, 0.4) is 0 Å². The van der Waals surface area contributed by atoms with Gasteiger partial charge in [-0.15, -0.1) is 0 Å². The third kappa shape index (κ3) is 5.43. The highest BCUT2D eigenvalue weighted by Gasteiger charge is 2.53. The van der Waals surface area contributed by atoms with Crippen molar-refractivity contribution < 1.29 is 9.47 Å². The Hall–Kier alpha value is -9.18. The molecule has 2 heterocycles. The van der Waals surface area contributed by atoms with Crippen molar-refractivity contribution in [1.82, 2.24) is 0 Å². The van der Waals surface area contributed by atoms with Crippen LogP contribution in [0.4, 0.5) is 17.1 Å². The van der Waals surface area contributed by atoms with Gasteiger partial charge in [0.15, 0.2) is 0 Å². The van der Waals surface area contributed by atoms with Gasteiger partial charge in [-0.3, -0.25) is 0 Å². The largest absolute Gasteiger partial charge is 0.457 e. The molecule has 0 fully saturated rings. The molecule has 0 radical (unpaired) electrons. The van der Waals surface area contributed by atoms with E-state index in [0.717, 1.165) is 73.4 Å². The van der Waals surface area contributed by atoms with Crippen LogP contribution in [0.5, 0.6) is 23.0 Å². The van der Waals surface area contributed by atoms with Crippen molar-refractivity contribution in [3.8, 4) is 67.5 Å². The summed E-state index contributed by atoms with van der Waals surface area (Å²) in [5.74, 6) is 3.55. The second-order valence-corrected chi connectivity index (χ2v) is 19.0. The average Bonchev–Trinajstić information content (AvgIpc) is 3.91.